The monoisotopic (exact) mass is 228 g/mol. The summed E-state index contributed by atoms with van der Waals surface area (Å²) in [6, 6.07) is 2.35. The minimum atomic E-state index is -0.666. The lowest BCUT2D eigenvalue weighted by Crippen LogP contribution is -2.31. The molecule has 0 heterocycles. The van der Waals surface area contributed by atoms with Crippen molar-refractivity contribution in [1.82, 2.24) is 5.32 Å². The molecule has 0 unspecified atom stereocenters. The Kier molecular flexibility index (Phi) is 4.22. The number of hydrogen-bond donors (Lipinski definition) is 2. The Bertz CT molecular complexity index is 380. The molecule has 1 aromatic rings. The van der Waals surface area contributed by atoms with E-state index in [2.05, 4.69) is 10.6 Å². The zero-order valence-electron chi connectivity index (χ0n) is 9.18. The lowest BCUT2D eigenvalue weighted by atomic mass is 10.2. The quantitative estimate of drug-likeness (QED) is 0.820. The Labute approximate surface area is 92.8 Å². The standard InChI is InChI=1S/C11H14F2N2O/c1-7(2)6-14-11(16)15-10-5-8(12)3-4-9(10)13/h3-5,7H,6H2,1-2H3,(H2,14,15,16). The number of halogens is 2. The summed E-state index contributed by atoms with van der Waals surface area (Å²) in [5, 5.41) is 4.78. The van der Waals surface area contributed by atoms with Crippen LogP contribution in [0.25, 0.3) is 0 Å². The third-order valence-corrected chi connectivity index (χ3v) is 1.85. The second kappa shape index (κ2) is 5.44. The van der Waals surface area contributed by atoms with Gasteiger partial charge in [0.05, 0.1) is 5.69 Å². The molecule has 0 aliphatic carbocycles. The fourth-order valence-electron chi connectivity index (χ4n) is 1.06. The van der Waals surface area contributed by atoms with Crippen molar-refractivity contribution in [3.63, 3.8) is 0 Å². The van der Waals surface area contributed by atoms with Crippen LogP contribution >= 0.6 is 0 Å². The van der Waals surface area contributed by atoms with Gasteiger partial charge in [-0.3, -0.25) is 0 Å². The van der Waals surface area contributed by atoms with Crippen molar-refractivity contribution < 1.29 is 13.6 Å². The minimum absolute atomic E-state index is 0.166. The van der Waals surface area contributed by atoms with Crippen LogP contribution < -0.4 is 10.6 Å². The summed E-state index contributed by atoms with van der Waals surface area (Å²) in [6.07, 6.45) is 0. The fraction of sp³-hybridized carbons (Fsp3) is 0.364. The molecule has 0 atom stereocenters. The Morgan fingerprint density at radius 3 is 2.69 bits per heavy atom. The van der Waals surface area contributed by atoms with Crippen molar-refractivity contribution >= 4 is 11.7 Å². The van der Waals surface area contributed by atoms with E-state index < -0.39 is 17.7 Å². The molecule has 1 aromatic carbocycles. The molecule has 0 fully saturated rings. The molecule has 0 radical (unpaired) electrons. The van der Waals surface area contributed by atoms with E-state index in [0.29, 0.717) is 12.5 Å². The summed E-state index contributed by atoms with van der Waals surface area (Å²) >= 11 is 0. The van der Waals surface area contributed by atoms with Crippen LogP contribution in [0.15, 0.2) is 18.2 Å². The topological polar surface area (TPSA) is 41.1 Å². The molecular weight excluding hydrogens is 214 g/mol. The molecule has 2 N–H and O–H groups in total. The Hall–Kier alpha value is -1.65. The summed E-state index contributed by atoms with van der Waals surface area (Å²) in [4.78, 5) is 11.3. The van der Waals surface area contributed by atoms with Gasteiger partial charge < -0.3 is 10.6 Å². The van der Waals surface area contributed by atoms with Gasteiger partial charge in [-0.2, -0.15) is 0 Å². The molecule has 0 aliphatic heterocycles. The average Bonchev–Trinajstić information content (AvgIpc) is 2.20. The van der Waals surface area contributed by atoms with Crippen LogP contribution in [0.5, 0.6) is 0 Å². The molecule has 0 aromatic heterocycles. The Morgan fingerprint density at radius 2 is 2.06 bits per heavy atom. The van der Waals surface area contributed by atoms with Crippen LogP contribution in [0.4, 0.5) is 19.3 Å². The van der Waals surface area contributed by atoms with Crippen LogP contribution in [0.2, 0.25) is 0 Å². The van der Waals surface area contributed by atoms with Crippen LogP contribution in [-0.4, -0.2) is 12.6 Å². The van der Waals surface area contributed by atoms with E-state index in [0.717, 1.165) is 18.2 Å². The lowest BCUT2D eigenvalue weighted by molar-refractivity contribution is 0.250. The lowest BCUT2D eigenvalue weighted by Gasteiger charge is -2.09. The van der Waals surface area contributed by atoms with E-state index in [4.69, 9.17) is 0 Å². The smallest absolute Gasteiger partial charge is 0.319 e. The van der Waals surface area contributed by atoms with Crippen molar-refractivity contribution in [2.75, 3.05) is 11.9 Å². The molecule has 5 heteroatoms. The third kappa shape index (κ3) is 3.84. The van der Waals surface area contributed by atoms with Crippen LogP contribution in [0.1, 0.15) is 13.8 Å². The van der Waals surface area contributed by atoms with E-state index in [1.807, 2.05) is 13.8 Å². The highest BCUT2D eigenvalue weighted by Gasteiger charge is 2.07. The molecule has 3 nitrogen and oxygen atoms in total. The number of benzene rings is 1. The maximum absolute atomic E-state index is 13.1. The zero-order chi connectivity index (χ0) is 12.1. The number of nitrogens with one attached hydrogen (secondary N) is 2. The second-order valence-corrected chi connectivity index (χ2v) is 3.85. The summed E-state index contributed by atoms with van der Waals surface area (Å²) in [7, 11) is 0. The first kappa shape index (κ1) is 12.4. The fourth-order valence-corrected chi connectivity index (χ4v) is 1.06. The Balaban J connectivity index is 2.59. The molecule has 88 valence electrons. The second-order valence-electron chi connectivity index (χ2n) is 3.85. The van der Waals surface area contributed by atoms with Crippen molar-refractivity contribution in [2.45, 2.75) is 13.8 Å². The van der Waals surface area contributed by atoms with Gasteiger partial charge in [-0.1, -0.05) is 13.8 Å². The van der Waals surface area contributed by atoms with E-state index in [9.17, 15) is 13.6 Å². The summed E-state index contributed by atoms with van der Waals surface area (Å²) in [6.45, 7) is 4.34. The van der Waals surface area contributed by atoms with E-state index >= 15 is 0 Å². The molecule has 0 aliphatic rings. The summed E-state index contributed by atoms with van der Waals surface area (Å²) in [5.41, 5.74) is -0.166. The summed E-state index contributed by atoms with van der Waals surface area (Å²) < 4.78 is 25.9. The molecule has 0 spiro atoms. The zero-order valence-corrected chi connectivity index (χ0v) is 9.18. The number of amides is 2. The van der Waals surface area contributed by atoms with Gasteiger partial charge in [-0.05, 0) is 18.1 Å². The first-order valence-electron chi connectivity index (χ1n) is 4.99. The molecule has 16 heavy (non-hydrogen) atoms. The number of carbonyl (C=O) groups is 1. The van der Waals surface area contributed by atoms with Gasteiger partial charge in [0.25, 0.3) is 0 Å². The molecule has 0 saturated heterocycles. The third-order valence-electron chi connectivity index (χ3n) is 1.85. The molecule has 0 bridgehead atoms. The van der Waals surface area contributed by atoms with E-state index in [1.54, 1.807) is 0 Å². The van der Waals surface area contributed by atoms with Crippen molar-refractivity contribution in [3.05, 3.63) is 29.8 Å². The predicted molar refractivity (Wildman–Crippen MR) is 58.2 cm³/mol. The maximum atomic E-state index is 13.1. The maximum Gasteiger partial charge on any atom is 0.319 e. The first-order chi connectivity index (χ1) is 7.49. The van der Waals surface area contributed by atoms with Gasteiger partial charge in [0.1, 0.15) is 11.6 Å². The number of anilines is 1. The van der Waals surface area contributed by atoms with Gasteiger partial charge in [0.2, 0.25) is 0 Å². The highest BCUT2D eigenvalue weighted by atomic mass is 19.1. The Morgan fingerprint density at radius 1 is 1.38 bits per heavy atom. The van der Waals surface area contributed by atoms with Crippen molar-refractivity contribution in [2.24, 2.45) is 5.92 Å². The molecular formula is C11H14F2N2O. The van der Waals surface area contributed by atoms with Crippen molar-refractivity contribution in [3.8, 4) is 0 Å². The SMILES string of the molecule is CC(C)CNC(=O)Nc1cc(F)ccc1F. The van der Waals surface area contributed by atoms with Crippen LogP contribution in [-0.2, 0) is 0 Å². The van der Waals surface area contributed by atoms with Gasteiger partial charge in [-0.25, -0.2) is 13.6 Å². The first-order valence-corrected chi connectivity index (χ1v) is 4.99. The summed E-state index contributed by atoms with van der Waals surface area (Å²) in [5.74, 6) is -0.968. The largest absolute Gasteiger partial charge is 0.338 e. The van der Waals surface area contributed by atoms with Crippen molar-refractivity contribution in [1.29, 1.82) is 0 Å². The molecule has 2 amide bonds. The molecule has 1 rings (SSSR count). The van der Waals surface area contributed by atoms with Crippen LogP contribution in [0, 0.1) is 17.6 Å². The number of carbonyl (C=O) groups excluding carboxylic acids is 1. The number of urea groups is 1. The highest BCUT2D eigenvalue weighted by Crippen LogP contribution is 2.14. The van der Waals surface area contributed by atoms with Crippen LogP contribution in [0.3, 0.4) is 0 Å². The predicted octanol–water partition coefficient (Wildman–Crippen LogP) is 2.74. The van der Waals surface area contributed by atoms with E-state index in [-0.39, 0.29) is 5.69 Å². The highest BCUT2D eigenvalue weighted by molar-refractivity contribution is 5.89. The van der Waals surface area contributed by atoms with Gasteiger partial charge >= 0.3 is 6.03 Å². The van der Waals surface area contributed by atoms with Gasteiger partial charge in [0.15, 0.2) is 0 Å². The normalized spacial score (nSPS) is 10.3. The van der Waals surface area contributed by atoms with Gasteiger partial charge in [0, 0.05) is 12.6 Å². The van der Waals surface area contributed by atoms with E-state index in [1.165, 1.54) is 0 Å². The number of hydrogen-bond acceptors (Lipinski definition) is 1. The number of rotatable bonds is 3. The minimum Gasteiger partial charge on any atom is -0.338 e. The average molecular weight is 228 g/mol. The molecule has 0 saturated carbocycles. The van der Waals surface area contributed by atoms with Gasteiger partial charge in [-0.15, -0.1) is 0 Å².